The van der Waals surface area contributed by atoms with Crippen molar-refractivity contribution in [1.82, 2.24) is 4.90 Å². The minimum Gasteiger partial charge on any atom is -0.477 e. The monoisotopic (exact) mass is 158 g/mol. The van der Waals surface area contributed by atoms with Crippen molar-refractivity contribution >= 4 is 11.7 Å². The summed E-state index contributed by atoms with van der Waals surface area (Å²) in [5, 5.41) is 15.4. The van der Waals surface area contributed by atoms with E-state index in [9.17, 15) is 4.79 Å². The van der Waals surface area contributed by atoms with Crippen LogP contribution in [0.5, 0.6) is 0 Å². The molecule has 0 aromatic heterocycles. The van der Waals surface area contributed by atoms with E-state index in [0.29, 0.717) is 6.42 Å². The van der Waals surface area contributed by atoms with Crippen LogP contribution in [0.1, 0.15) is 13.3 Å². The first kappa shape index (κ1) is 10.1. The molecule has 0 bridgehead atoms. The summed E-state index contributed by atoms with van der Waals surface area (Å²) in [4.78, 5) is 12.1. The molecule has 0 saturated heterocycles. The molecule has 0 aliphatic rings. The molecule has 64 valence electrons. The highest BCUT2D eigenvalue weighted by Crippen LogP contribution is 1.98. The van der Waals surface area contributed by atoms with Gasteiger partial charge in [0.05, 0.1) is 0 Å². The summed E-state index contributed by atoms with van der Waals surface area (Å²) in [6, 6.07) is 0.110. The van der Waals surface area contributed by atoms with Gasteiger partial charge in [0.1, 0.15) is 5.71 Å². The van der Waals surface area contributed by atoms with Crippen LogP contribution in [-0.4, -0.2) is 41.8 Å². The van der Waals surface area contributed by atoms with Crippen molar-refractivity contribution in [1.29, 1.82) is 5.41 Å². The lowest BCUT2D eigenvalue weighted by molar-refractivity contribution is -0.129. The Balaban J connectivity index is 3.85. The van der Waals surface area contributed by atoms with Crippen LogP contribution in [0.3, 0.4) is 0 Å². The molecule has 0 saturated carbocycles. The smallest absolute Gasteiger partial charge is 0.349 e. The Morgan fingerprint density at radius 1 is 1.64 bits per heavy atom. The van der Waals surface area contributed by atoms with Crippen LogP contribution in [0.15, 0.2) is 0 Å². The lowest BCUT2D eigenvalue weighted by atomic mass is 10.1. The van der Waals surface area contributed by atoms with E-state index in [4.69, 9.17) is 10.5 Å². The average molecular weight is 158 g/mol. The Labute approximate surface area is 66.3 Å². The van der Waals surface area contributed by atoms with Gasteiger partial charge in [0.2, 0.25) is 0 Å². The van der Waals surface area contributed by atoms with Crippen LogP contribution in [0.4, 0.5) is 0 Å². The van der Waals surface area contributed by atoms with E-state index >= 15 is 0 Å². The number of aliphatic carboxylic acids is 1. The first-order valence-electron chi connectivity index (χ1n) is 3.42. The third-order valence-corrected chi connectivity index (χ3v) is 1.64. The maximum absolute atomic E-state index is 10.2. The van der Waals surface area contributed by atoms with E-state index in [-0.39, 0.29) is 11.8 Å². The first-order valence-corrected chi connectivity index (χ1v) is 3.42. The number of nitrogens with zero attached hydrogens (tertiary/aromatic N) is 1. The zero-order valence-corrected chi connectivity index (χ0v) is 7.09. The van der Waals surface area contributed by atoms with E-state index in [1.165, 1.54) is 0 Å². The van der Waals surface area contributed by atoms with Gasteiger partial charge in [0.15, 0.2) is 0 Å². The van der Waals surface area contributed by atoms with Crippen LogP contribution in [0.25, 0.3) is 0 Å². The maximum atomic E-state index is 10.2. The summed E-state index contributed by atoms with van der Waals surface area (Å²) >= 11 is 0. The van der Waals surface area contributed by atoms with E-state index in [1.54, 1.807) is 0 Å². The highest BCUT2D eigenvalue weighted by Gasteiger charge is 2.12. The van der Waals surface area contributed by atoms with Crippen LogP contribution in [-0.2, 0) is 4.79 Å². The summed E-state index contributed by atoms with van der Waals surface area (Å²) < 4.78 is 0. The Bertz CT molecular complexity index is 166. The highest BCUT2D eigenvalue weighted by atomic mass is 16.4. The molecule has 0 heterocycles. The van der Waals surface area contributed by atoms with Gasteiger partial charge in [-0.05, 0) is 21.0 Å². The van der Waals surface area contributed by atoms with Gasteiger partial charge in [-0.15, -0.1) is 0 Å². The third-order valence-electron chi connectivity index (χ3n) is 1.64. The second-order valence-corrected chi connectivity index (χ2v) is 2.80. The molecular weight excluding hydrogens is 144 g/mol. The lowest BCUT2D eigenvalue weighted by Gasteiger charge is -2.18. The molecule has 0 aromatic rings. The van der Waals surface area contributed by atoms with Crippen LogP contribution in [0, 0.1) is 5.41 Å². The molecule has 0 aromatic carbocycles. The van der Waals surface area contributed by atoms with Crippen LogP contribution in [0.2, 0.25) is 0 Å². The van der Waals surface area contributed by atoms with Crippen molar-refractivity contribution in [2.24, 2.45) is 0 Å². The predicted molar refractivity (Wildman–Crippen MR) is 43.1 cm³/mol. The number of carbonyl (C=O) groups is 1. The third kappa shape index (κ3) is 3.72. The number of rotatable bonds is 4. The molecule has 0 rings (SSSR count). The summed E-state index contributed by atoms with van der Waals surface area (Å²) in [6.45, 7) is 1.89. The Morgan fingerprint density at radius 3 is 2.36 bits per heavy atom. The Morgan fingerprint density at radius 2 is 2.09 bits per heavy atom. The van der Waals surface area contributed by atoms with Crippen molar-refractivity contribution in [2.45, 2.75) is 19.4 Å². The van der Waals surface area contributed by atoms with Gasteiger partial charge in [-0.2, -0.15) is 0 Å². The molecule has 0 aliphatic carbocycles. The van der Waals surface area contributed by atoms with E-state index in [2.05, 4.69) is 0 Å². The minimum atomic E-state index is -1.13. The molecule has 0 fully saturated rings. The second kappa shape index (κ2) is 4.08. The molecule has 2 N–H and O–H groups in total. The lowest BCUT2D eigenvalue weighted by Crippen LogP contribution is -2.29. The van der Waals surface area contributed by atoms with Crippen LogP contribution >= 0.6 is 0 Å². The molecule has 0 spiro atoms. The minimum absolute atomic E-state index is 0.110. The van der Waals surface area contributed by atoms with E-state index in [1.807, 2.05) is 25.9 Å². The topological polar surface area (TPSA) is 64.4 Å². The zero-order valence-electron chi connectivity index (χ0n) is 7.09. The fraction of sp³-hybridized carbons (Fsp3) is 0.714. The predicted octanol–water partition coefficient (Wildman–Crippen LogP) is 0.431. The molecule has 0 amide bonds. The van der Waals surface area contributed by atoms with Crippen molar-refractivity contribution in [3.63, 3.8) is 0 Å². The molecule has 4 heteroatoms. The van der Waals surface area contributed by atoms with Crippen molar-refractivity contribution in [3.8, 4) is 0 Å². The number of nitrogens with one attached hydrogen (secondary N) is 1. The molecule has 0 unspecified atom stereocenters. The van der Waals surface area contributed by atoms with E-state index < -0.39 is 5.97 Å². The van der Waals surface area contributed by atoms with Gasteiger partial charge in [-0.25, -0.2) is 4.79 Å². The van der Waals surface area contributed by atoms with Crippen molar-refractivity contribution in [2.75, 3.05) is 14.1 Å². The summed E-state index contributed by atoms with van der Waals surface area (Å²) in [6.07, 6.45) is 0.294. The summed E-state index contributed by atoms with van der Waals surface area (Å²) in [5.74, 6) is -1.13. The van der Waals surface area contributed by atoms with Crippen molar-refractivity contribution in [3.05, 3.63) is 0 Å². The second-order valence-electron chi connectivity index (χ2n) is 2.80. The fourth-order valence-corrected chi connectivity index (χ4v) is 0.565. The van der Waals surface area contributed by atoms with Gasteiger partial charge >= 0.3 is 5.97 Å². The molecule has 0 radical (unpaired) electrons. The highest BCUT2D eigenvalue weighted by molar-refractivity contribution is 6.34. The van der Waals surface area contributed by atoms with E-state index in [0.717, 1.165) is 0 Å². The Kier molecular flexibility index (Phi) is 3.74. The zero-order chi connectivity index (χ0) is 9.02. The molecule has 0 aliphatic heterocycles. The number of carboxylic acid groups (broad SMARTS) is 1. The summed E-state index contributed by atoms with van der Waals surface area (Å²) in [7, 11) is 3.72. The molecule has 11 heavy (non-hydrogen) atoms. The quantitative estimate of drug-likeness (QED) is 0.583. The van der Waals surface area contributed by atoms with Crippen LogP contribution < -0.4 is 0 Å². The van der Waals surface area contributed by atoms with Gasteiger partial charge in [0.25, 0.3) is 0 Å². The first-order chi connectivity index (χ1) is 4.95. The van der Waals surface area contributed by atoms with Crippen molar-refractivity contribution < 1.29 is 9.90 Å². The molecule has 4 nitrogen and oxygen atoms in total. The largest absolute Gasteiger partial charge is 0.477 e. The van der Waals surface area contributed by atoms with Gasteiger partial charge in [-0.3, -0.25) is 5.41 Å². The standard InChI is InChI=1S/C7H14N2O2/c1-5(9(2)3)4-6(8)7(10)11/h5,8H,4H2,1-3H3,(H,10,11)/t5-/m1/s1. The fourth-order valence-electron chi connectivity index (χ4n) is 0.565. The summed E-state index contributed by atoms with van der Waals surface area (Å²) in [5.41, 5.74) is -0.230. The van der Waals surface area contributed by atoms with Gasteiger partial charge in [0, 0.05) is 12.5 Å². The number of hydrogen-bond acceptors (Lipinski definition) is 3. The van der Waals surface area contributed by atoms with Gasteiger partial charge < -0.3 is 10.0 Å². The molecular formula is C7H14N2O2. The SMILES string of the molecule is C[C@H](CC(=N)C(=O)O)N(C)C. The maximum Gasteiger partial charge on any atom is 0.349 e. The van der Waals surface area contributed by atoms with Gasteiger partial charge in [-0.1, -0.05) is 0 Å². The normalized spacial score (nSPS) is 13.1. The molecule has 1 atom stereocenters. The Hall–Kier alpha value is -0.900. The average Bonchev–Trinajstić information content (AvgIpc) is 1.87. The number of hydrogen-bond donors (Lipinski definition) is 2. The number of carboxylic acids is 1.